The minimum Gasteiger partial charge on any atom is -0.125 e. The van der Waals surface area contributed by atoms with Crippen molar-refractivity contribution in [3.8, 4) is 0 Å². The minimum atomic E-state index is 0.690. The molecule has 0 N–H and O–H groups in total. The van der Waals surface area contributed by atoms with Gasteiger partial charge in [0.1, 0.15) is 0 Å². The molecule has 0 heterocycles. The highest BCUT2D eigenvalue weighted by molar-refractivity contribution is 5.22. The molecule has 1 fully saturated rings. The van der Waals surface area contributed by atoms with Crippen LogP contribution in [0.2, 0.25) is 0 Å². The summed E-state index contributed by atoms with van der Waals surface area (Å²) < 4.78 is 0. The van der Waals surface area contributed by atoms with E-state index in [1.807, 2.05) is 0 Å². The van der Waals surface area contributed by atoms with Crippen molar-refractivity contribution in [2.45, 2.75) is 53.4 Å². The van der Waals surface area contributed by atoms with Gasteiger partial charge in [-0.15, -0.1) is 5.73 Å². The zero-order valence-corrected chi connectivity index (χ0v) is 10.1. The van der Waals surface area contributed by atoms with Crippen LogP contribution in [0.25, 0.3) is 0 Å². The molecule has 0 saturated heterocycles. The molecule has 14 heavy (non-hydrogen) atoms. The van der Waals surface area contributed by atoms with E-state index in [4.69, 9.17) is 0 Å². The van der Waals surface area contributed by atoms with Crippen molar-refractivity contribution in [3.63, 3.8) is 0 Å². The van der Waals surface area contributed by atoms with Gasteiger partial charge in [-0.05, 0) is 42.2 Å². The summed E-state index contributed by atoms with van der Waals surface area (Å²) in [5.41, 5.74) is 5.07. The maximum atomic E-state index is 3.50. The lowest BCUT2D eigenvalue weighted by molar-refractivity contribution is 0.446. The molecule has 0 aliphatic heterocycles. The van der Waals surface area contributed by atoms with Gasteiger partial charge in [-0.3, -0.25) is 0 Å². The summed E-state index contributed by atoms with van der Waals surface area (Å²) >= 11 is 0. The van der Waals surface area contributed by atoms with Gasteiger partial charge in [-0.1, -0.05) is 40.5 Å². The molecule has 0 heteroatoms. The molecule has 0 spiro atoms. The lowest BCUT2D eigenvalue weighted by Gasteiger charge is -2.11. The third kappa shape index (κ3) is 3.35. The van der Waals surface area contributed by atoms with Gasteiger partial charge >= 0.3 is 0 Å². The minimum absolute atomic E-state index is 0.690. The van der Waals surface area contributed by atoms with Crippen LogP contribution < -0.4 is 0 Å². The van der Waals surface area contributed by atoms with Crippen LogP contribution in [0.5, 0.6) is 0 Å². The van der Waals surface area contributed by atoms with Crippen LogP contribution >= 0.6 is 0 Å². The van der Waals surface area contributed by atoms with Crippen molar-refractivity contribution in [1.82, 2.24) is 0 Å². The van der Waals surface area contributed by atoms with Crippen molar-refractivity contribution in [2.24, 2.45) is 17.8 Å². The summed E-state index contributed by atoms with van der Waals surface area (Å²) in [6.45, 7) is 9.16. The zero-order valence-electron chi connectivity index (χ0n) is 10.1. The van der Waals surface area contributed by atoms with E-state index in [-0.39, 0.29) is 0 Å². The second-order valence-corrected chi connectivity index (χ2v) is 4.77. The molecule has 1 saturated carbocycles. The highest BCUT2D eigenvalue weighted by Gasteiger charge is 2.27. The number of hydrogen-bond acceptors (Lipinski definition) is 0. The van der Waals surface area contributed by atoms with Gasteiger partial charge in [0.05, 0.1) is 0 Å². The van der Waals surface area contributed by atoms with Gasteiger partial charge in [0.25, 0.3) is 0 Å². The Balaban J connectivity index is 2.40. The van der Waals surface area contributed by atoms with Crippen LogP contribution in [0.4, 0.5) is 0 Å². The monoisotopic (exact) mass is 192 g/mol. The van der Waals surface area contributed by atoms with E-state index >= 15 is 0 Å². The average molecular weight is 192 g/mol. The van der Waals surface area contributed by atoms with Crippen LogP contribution in [0, 0.1) is 17.8 Å². The maximum absolute atomic E-state index is 3.50. The van der Waals surface area contributed by atoms with Crippen molar-refractivity contribution in [2.75, 3.05) is 0 Å². The summed E-state index contributed by atoms with van der Waals surface area (Å²) in [4.78, 5) is 0. The second kappa shape index (κ2) is 5.41. The molecular formula is C14H24. The first kappa shape index (κ1) is 11.6. The smallest absolute Gasteiger partial charge is 0.00836 e. The fraction of sp³-hybridized carbons (Fsp3) is 0.786. The first-order chi connectivity index (χ1) is 6.69. The summed E-state index contributed by atoms with van der Waals surface area (Å²) in [7, 11) is 0. The van der Waals surface area contributed by atoms with Crippen LogP contribution in [-0.4, -0.2) is 0 Å². The first-order valence-electron chi connectivity index (χ1n) is 6.14. The molecule has 1 aliphatic rings. The quantitative estimate of drug-likeness (QED) is 0.560. The topological polar surface area (TPSA) is 0 Å². The highest BCUT2D eigenvalue weighted by atomic mass is 14.3. The molecule has 3 unspecified atom stereocenters. The molecule has 0 aromatic heterocycles. The maximum Gasteiger partial charge on any atom is -0.00836 e. The zero-order chi connectivity index (χ0) is 10.6. The van der Waals surface area contributed by atoms with E-state index < -0.39 is 0 Å². The van der Waals surface area contributed by atoms with E-state index in [2.05, 4.69) is 39.5 Å². The van der Waals surface area contributed by atoms with Gasteiger partial charge in [-0.2, -0.15) is 0 Å². The van der Waals surface area contributed by atoms with E-state index in [9.17, 15) is 0 Å². The largest absolute Gasteiger partial charge is 0.125 e. The highest BCUT2D eigenvalue weighted by Crippen LogP contribution is 2.40. The number of rotatable bonds is 5. The molecule has 0 nitrogen and oxygen atoms in total. The van der Waals surface area contributed by atoms with Gasteiger partial charge in [-0.25, -0.2) is 0 Å². The summed E-state index contributed by atoms with van der Waals surface area (Å²) in [6, 6.07) is 0. The predicted molar refractivity (Wildman–Crippen MR) is 63.2 cm³/mol. The Kier molecular flexibility index (Phi) is 4.48. The lowest BCUT2D eigenvalue weighted by Crippen LogP contribution is -2.02. The Hall–Kier alpha value is -0.480. The number of hydrogen-bond donors (Lipinski definition) is 0. The fourth-order valence-corrected chi connectivity index (χ4v) is 1.78. The van der Waals surface area contributed by atoms with Crippen molar-refractivity contribution >= 4 is 0 Å². The van der Waals surface area contributed by atoms with E-state index in [0.717, 1.165) is 11.8 Å². The summed E-state index contributed by atoms with van der Waals surface area (Å²) in [5, 5.41) is 0. The predicted octanol–water partition coefficient (Wildman–Crippen LogP) is 4.57. The number of allylic oxidation sites excluding steroid dienone is 1. The molecule has 0 aromatic rings. The van der Waals surface area contributed by atoms with Gasteiger partial charge in [0.15, 0.2) is 0 Å². The first-order valence-corrected chi connectivity index (χ1v) is 6.14. The lowest BCUT2D eigenvalue weighted by atomic mass is 9.94. The molecule has 0 aromatic carbocycles. The molecule has 1 aliphatic carbocycles. The molecular weight excluding hydrogens is 168 g/mol. The van der Waals surface area contributed by atoms with Crippen molar-refractivity contribution in [1.29, 1.82) is 0 Å². The summed E-state index contributed by atoms with van der Waals surface area (Å²) in [5.74, 6) is 2.38. The van der Waals surface area contributed by atoms with Crippen molar-refractivity contribution < 1.29 is 0 Å². The Morgan fingerprint density at radius 1 is 1.43 bits per heavy atom. The van der Waals surface area contributed by atoms with E-state index in [1.54, 1.807) is 5.57 Å². The SMILES string of the molecule is CCCC1CC1=C=CC(C)C(C)CC. The average Bonchev–Trinajstić information content (AvgIpc) is 2.92. The third-order valence-corrected chi connectivity index (χ3v) is 3.51. The molecule has 1 rings (SSSR count). The third-order valence-electron chi connectivity index (χ3n) is 3.51. The van der Waals surface area contributed by atoms with Crippen LogP contribution in [-0.2, 0) is 0 Å². The molecule has 3 atom stereocenters. The fourth-order valence-electron chi connectivity index (χ4n) is 1.78. The van der Waals surface area contributed by atoms with Gasteiger partial charge < -0.3 is 0 Å². The Bertz CT molecular complexity index is 230. The second-order valence-electron chi connectivity index (χ2n) is 4.77. The van der Waals surface area contributed by atoms with Crippen LogP contribution in [0.15, 0.2) is 17.4 Å². The molecule has 80 valence electrons. The Morgan fingerprint density at radius 2 is 2.14 bits per heavy atom. The molecule has 0 amide bonds. The molecule has 0 radical (unpaired) electrons. The summed E-state index contributed by atoms with van der Waals surface area (Å²) in [6.07, 6.45) is 7.56. The van der Waals surface area contributed by atoms with Crippen molar-refractivity contribution in [3.05, 3.63) is 17.4 Å². The molecule has 0 bridgehead atoms. The van der Waals surface area contributed by atoms with Crippen LogP contribution in [0.1, 0.15) is 53.4 Å². The Morgan fingerprint density at radius 3 is 2.71 bits per heavy atom. The van der Waals surface area contributed by atoms with E-state index in [0.29, 0.717) is 5.92 Å². The normalized spacial score (nSPS) is 24.0. The Labute approximate surface area is 89.1 Å². The van der Waals surface area contributed by atoms with Gasteiger partial charge in [0.2, 0.25) is 0 Å². The standard InChI is InChI=1S/C14H24/c1-5-7-13-10-14(13)9-8-12(4)11(3)6-2/h8,11-13H,5-7,10H2,1-4H3. The van der Waals surface area contributed by atoms with Gasteiger partial charge in [0, 0.05) is 0 Å². The van der Waals surface area contributed by atoms with Crippen LogP contribution in [0.3, 0.4) is 0 Å². The van der Waals surface area contributed by atoms with E-state index in [1.165, 1.54) is 25.7 Å².